The molecule has 2 amide bonds. The lowest BCUT2D eigenvalue weighted by Crippen LogP contribution is -2.46. The van der Waals surface area contributed by atoms with E-state index >= 15 is 0 Å². The van der Waals surface area contributed by atoms with Crippen molar-refractivity contribution < 1.29 is 19.2 Å². The summed E-state index contributed by atoms with van der Waals surface area (Å²) in [6.45, 7) is 5.00. The summed E-state index contributed by atoms with van der Waals surface area (Å²) in [7, 11) is 0. The fourth-order valence-electron chi connectivity index (χ4n) is 1.64. The number of hydrogen-bond acceptors (Lipinski definition) is 6. The van der Waals surface area contributed by atoms with E-state index in [1.807, 2.05) is 5.32 Å². The fraction of sp³-hybridized carbons (Fsp3) is 0.429. The number of nitrogens with one attached hydrogen (secondary N) is 1. The van der Waals surface area contributed by atoms with E-state index in [-0.39, 0.29) is 12.1 Å². The van der Waals surface area contributed by atoms with Gasteiger partial charge in [0.25, 0.3) is 5.69 Å². The Morgan fingerprint density at radius 1 is 1.41 bits per heavy atom. The van der Waals surface area contributed by atoms with Gasteiger partial charge in [-0.15, -0.1) is 0 Å². The summed E-state index contributed by atoms with van der Waals surface area (Å²) in [4.78, 5) is 33.4. The zero-order chi connectivity index (χ0) is 16.9. The molecule has 0 aliphatic rings. The molecular formula is C14H19N3O5. The molecule has 1 rings (SSSR count). The van der Waals surface area contributed by atoms with Crippen molar-refractivity contribution in [3.05, 3.63) is 39.9 Å². The van der Waals surface area contributed by atoms with Gasteiger partial charge in [-0.2, -0.15) is 0 Å². The number of hydrogen-bond donors (Lipinski definition) is 2. The second-order valence-corrected chi connectivity index (χ2v) is 5.73. The Balaban J connectivity index is 2.63. The van der Waals surface area contributed by atoms with Crippen molar-refractivity contribution in [1.29, 1.82) is 0 Å². The largest absolute Gasteiger partial charge is 0.444 e. The maximum atomic E-state index is 11.8. The number of benzene rings is 1. The maximum Gasteiger partial charge on any atom is 0.414 e. The molecule has 1 aromatic carbocycles. The summed E-state index contributed by atoms with van der Waals surface area (Å²) in [5, 5.41) is 12.7. The van der Waals surface area contributed by atoms with Crippen molar-refractivity contribution in [2.45, 2.75) is 38.8 Å². The molecule has 1 aromatic rings. The fourth-order valence-corrected chi connectivity index (χ4v) is 1.64. The lowest BCUT2D eigenvalue weighted by molar-refractivity contribution is -0.384. The SMILES string of the molecule is CC(C)(C)OC(=O)NC(=O)[C@@H](N)Cc1cccc([N+](=O)[O-])c1. The highest BCUT2D eigenvalue weighted by Gasteiger charge is 2.22. The predicted molar refractivity (Wildman–Crippen MR) is 79.2 cm³/mol. The maximum absolute atomic E-state index is 11.8. The van der Waals surface area contributed by atoms with Gasteiger partial charge in [-0.1, -0.05) is 12.1 Å². The average Bonchev–Trinajstić information content (AvgIpc) is 2.36. The third-order valence-corrected chi connectivity index (χ3v) is 2.54. The number of nitrogens with zero attached hydrogens (tertiary/aromatic N) is 1. The first-order chi connectivity index (χ1) is 10.1. The molecule has 22 heavy (non-hydrogen) atoms. The summed E-state index contributed by atoms with van der Waals surface area (Å²) < 4.78 is 4.94. The van der Waals surface area contributed by atoms with Crippen LogP contribution in [0.5, 0.6) is 0 Å². The van der Waals surface area contributed by atoms with Crippen LogP contribution in [-0.2, 0) is 16.0 Å². The molecule has 0 saturated heterocycles. The summed E-state index contributed by atoms with van der Waals surface area (Å²) in [5.41, 5.74) is 5.41. The molecule has 0 fully saturated rings. The molecule has 0 radical (unpaired) electrons. The molecule has 0 aliphatic carbocycles. The monoisotopic (exact) mass is 309 g/mol. The van der Waals surface area contributed by atoms with Crippen LogP contribution < -0.4 is 11.1 Å². The Kier molecular flexibility index (Phi) is 5.58. The van der Waals surface area contributed by atoms with E-state index in [1.165, 1.54) is 18.2 Å². The number of nitro groups is 1. The van der Waals surface area contributed by atoms with Crippen LogP contribution in [0.2, 0.25) is 0 Å². The molecule has 8 heteroatoms. The third kappa shape index (κ3) is 5.88. The van der Waals surface area contributed by atoms with E-state index in [0.717, 1.165) is 0 Å². The molecule has 3 N–H and O–H groups in total. The van der Waals surface area contributed by atoms with Gasteiger partial charge in [-0.25, -0.2) is 4.79 Å². The smallest absolute Gasteiger partial charge is 0.414 e. The van der Waals surface area contributed by atoms with Gasteiger partial charge in [0.1, 0.15) is 5.60 Å². The van der Waals surface area contributed by atoms with Crippen LogP contribution in [0.25, 0.3) is 0 Å². The quantitative estimate of drug-likeness (QED) is 0.641. The van der Waals surface area contributed by atoms with E-state index in [4.69, 9.17) is 10.5 Å². The topological polar surface area (TPSA) is 125 Å². The number of nitro benzene ring substituents is 1. The van der Waals surface area contributed by atoms with Gasteiger partial charge in [0.05, 0.1) is 11.0 Å². The zero-order valence-electron chi connectivity index (χ0n) is 12.7. The van der Waals surface area contributed by atoms with Gasteiger partial charge in [-0.3, -0.25) is 20.2 Å². The van der Waals surface area contributed by atoms with Crippen LogP contribution in [0.15, 0.2) is 24.3 Å². The predicted octanol–water partition coefficient (Wildman–Crippen LogP) is 1.52. The van der Waals surface area contributed by atoms with Crippen LogP contribution in [0.3, 0.4) is 0 Å². The van der Waals surface area contributed by atoms with E-state index in [0.29, 0.717) is 5.56 Å². The molecule has 0 bridgehead atoms. The van der Waals surface area contributed by atoms with Gasteiger partial charge < -0.3 is 10.5 Å². The number of alkyl carbamates (subject to hydrolysis) is 1. The third-order valence-electron chi connectivity index (χ3n) is 2.54. The molecular weight excluding hydrogens is 290 g/mol. The van der Waals surface area contributed by atoms with Crippen molar-refractivity contribution >= 4 is 17.7 Å². The summed E-state index contributed by atoms with van der Waals surface area (Å²) >= 11 is 0. The highest BCUT2D eigenvalue weighted by atomic mass is 16.6. The standard InChI is InChI=1S/C14H19N3O5/c1-14(2,3)22-13(19)16-12(18)11(15)8-9-5-4-6-10(7-9)17(20)21/h4-7,11H,8,15H2,1-3H3,(H,16,18,19)/t11-/m0/s1. The number of carbonyl (C=O) groups excluding carboxylic acids is 2. The first kappa shape index (κ1) is 17.6. The van der Waals surface area contributed by atoms with E-state index in [1.54, 1.807) is 26.8 Å². The Bertz CT molecular complexity index is 580. The van der Waals surface area contributed by atoms with Gasteiger partial charge in [0, 0.05) is 12.1 Å². The Morgan fingerprint density at radius 2 is 2.05 bits per heavy atom. The lowest BCUT2D eigenvalue weighted by atomic mass is 10.1. The minimum atomic E-state index is -1.02. The normalized spacial score (nSPS) is 12.4. The molecule has 0 aromatic heterocycles. The Labute approximate surface area is 127 Å². The molecule has 0 unspecified atom stereocenters. The number of amides is 2. The second-order valence-electron chi connectivity index (χ2n) is 5.73. The lowest BCUT2D eigenvalue weighted by Gasteiger charge is -2.20. The number of imide groups is 1. The first-order valence-electron chi connectivity index (χ1n) is 6.61. The van der Waals surface area contributed by atoms with Crippen molar-refractivity contribution in [3.8, 4) is 0 Å². The summed E-state index contributed by atoms with van der Waals surface area (Å²) in [6.07, 6.45) is -0.817. The molecule has 0 spiro atoms. The van der Waals surface area contributed by atoms with Crippen LogP contribution in [0.4, 0.5) is 10.5 Å². The number of ether oxygens (including phenoxy) is 1. The summed E-state index contributed by atoms with van der Waals surface area (Å²) in [5.74, 6) is -0.708. The van der Waals surface area contributed by atoms with Crippen molar-refractivity contribution in [2.75, 3.05) is 0 Å². The molecule has 120 valence electrons. The number of nitrogens with two attached hydrogens (primary N) is 1. The zero-order valence-corrected chi connectivity index (χ0v) is 12.7. The second kappa shape index (κ2) is 6.99. The van der Waals surface area contributed by atoms with Gasteiger partial charge in [-0.05, 0) is 32.8 Å². The average molecular weight is 309 g/mol. The summed E-state index contributed by atoms with van der Waals surface area (Å²) in [6, 6.07) is 4.78. The van der Waals surface area contributed by atoms with E-state index < -0.39 is 28.6 Å². The van der Waals surface area contributed by atoms with Crippen molar-refractivity contribution in [3.63, 3.8) is 0 Å². The van der Waals surface area contributed by atoms with Crippen LogP contribution in [0.1, 0.15) is 26.3 Å². The Morgan fingerprint density at radius 3 is 2.59 bits per heavy atom. The molecule has 0 aliphatic heterocycles. The van der Waals surface area contributed by atoms with Crippen LogP contribution in [0, 0.1) is 10.1 Å². The number of carbonyl (C=O) groups is 2. The molecule has 0 heterocycles. The van der Waals surface area contributed by atoms with Crippen LogP contribution in [-0.4, -0.2) is 28.6 Å². The number of rotatable bonds is 4. The van der Waals surface area contributed by atoms with Gasteiger partial charge in [0.15, 0.2) is 0 Å². The molecule has 1 atom stereocenters. The molecule has 0 saturated carbocycles. The number of non-ortho nitro benzene ring substituents is 1. The van der Waals surface area contributed by atoms with E-state index in [2.05, 4.69) is 0 Å². The minimum Gasteiger partial charge on any atom is -0.444 e. The highest BCUT2D eigenvalue weighted by molar-refractivity contribution is 5.95. The molecule has 8 nitrogen and oxygen atoms in total. The van der Waals surface area contributed by atoms with Crippen LogP contribution >= 0.6 is 0 Å². The van der Waals surface area contributed by atoms with Crippen molar-refractivity contribution in [2.24, 2.45) is 5.73 Å². The van der Waals surface area contributed by atoms with Crippen molar-refractivity contribution in [1.82, 2.24) is 5.32 Å². The van der Waals surface area contributed by atoms with Gasteiger partial charge >= 0.3 is 6.09 Å². The first-order valence-corrected chi connectivity index (χ1v) is 6.61. The van der Waals surface area contributed by atoms with E-state index in [9.17, 15) is 19.7 Å². The Hall–Kier alpha value is -2.48. The minimum absolute atomic E-state index is 0.0658. The highest BCUT2D eigenvalue weighted by Crippen LogP contribution is 2.14. The van der Waals surface area contributed by atoms with Gasteiger partial charge in [0.2, 0.25) is 5.91 Å².